The molecule has 3 aromatic carbocycles. The number of methoxy groups -OCH3 is 3. The van der Waals surface area contributed by atoms with Crippen LogP contribution in [0.3, 0.4) is 0 Å². The summed E-state index contributed by atoms with van der Waals surface area (Å²) in [6.45, 7) is 2.65. The fraction of sp³-hybridized carbons (Fsp3) is 0.400. The number of ether oxygens (including phenoxy) is 6. The van der Waals surface area contributed by atoms with E-state index in [0.717, 1.165) is 36.0 Å². The first-order chi connectivity index (χ1) is 18.8. The zero-order valence-corrected chi connectivity index (χ0v) is 23.9. The summed E-state index contributed by atoms with van der Waals surface area (Å²) < 4.78 is 59.2. The Morgan fingerprint density at radius 1 is 0.821 bits per heavy atom. The highest BCUT2D eigenvalue weighted by Gasteiger charge is 2.29. The van der Waals surface area contributed by atoms with E-state index in [1.165, 1.54) is 6.26 Å². The molecule has 2 atom stereocenters. The Bertz CT molecular complexity index is 1360. The van der Waals surface area contributed by atoms with Crippen LogP contribution in [0.5, 0.6) is 28.7 Å². The highest BCUT2D eigenvalue weighted by Crippen LogP contribution is 2.46. The van der Waals surface area contributed by atoms with E-state index in [1.54, 1.807) is 33.5 Å². The molecule has 0 saturated carbocycles. The van der Waals surface area contributed by atoms with Crippen molar-refractivity contribution in [2.45, 2.75) is 49.9 Å². The van der Waals surface area contributed by atoms with Crippen LogP contribution in [0.2, 0.25) is 0 Å². The van der Waals surface area contributed by atoms with Gasteiger partial charge >= 0.3 is 0 Å². The normalized spacial score (nSPS) is 17.1. The van der Waals surface area contributed by atoms with Crippen LogP contribution in [-0.4, -0.2) is 42.6 Å². The highest BCUT2D eigenvalue weighted by molar-refractivity contribution is 7.90. The van der Waals surface area contributed by atoms with Crippen LogP contribution < -0.4 is 23.7 Å². The second-order valence-electron chi connectivity index (χ2n) is 9.41. The van der Waals surface area contributed by atoms with Gasteiger partial charge in [-0.05, 0) is 72.4 Å². The van der Waals surface area contributed by atoms with E-state index >= 15 is 0 Å². The number of hydrogen-bond acceptors (Lipinski definition) is 8. The Morgan fingerprint density at radius 2 is 1.51 bits per heavy atom. The number of benzene rings is 3. The maximum Gasteiger partial charge on any atom is 0.203 e. The van der Waals surface area contributed by atoms with E-state index in [9.17, 15) is 8.42 Å². The Labute approximate surface area is 230 Å². The fourth-order valence-corrected chi connectivity index (χ4v) is 5.51. The lowest BCUT2D eigenvalue weighted by Crippen LogP contribution is -2.06. The summed E-state index contributed by atoms with van der Waals surface area (Å²) in [6.07, 6.45) is 3.46. The molecule has 1 heterocycles. The van der Waals surface area contributed by atoms with E-state index in [1.807, 2.05) is 49.4 Å². The summed E-state index contributed by atoms with van der Waals surface area (Å²) in [4.78, 5) is 0.169. The molecule has 4 rings (SSSR count). The van der Waals surface area contributed by atoms with Crippen molar-refractivity contribution in [1.82, 2.24) is 0 Å². The summed E-state index contributed by atoms with van der Waals surface area (Å²) in [5.74, 6) is 2.79. The van der Waals surface area contributed by atoms with E-state index in [2.05, 4.69) is 0 Å². The summed E-state index contributed by atoms with van der Waals surface area (Å²) in [6, 6.07) is 16.8. The van der Waals surface area contributed by atoms with Gasteiger partial charge in [-0.15, -0.1) is 0 Å². The molecule has 210 valence electrons. The van der Waals surface area contributed by atoms with Crippen molar-refractivity contribution in [2.24, 2.45) is 0 Å². The fourth-order valence-electron chi connectivity index (χ4n) is 4.65. The zero-order valence-electron chi connectivity index (χ0n) is 23.1. The van der Waals surface area contributed by atoms with Gasteiger partial charge in [-0.3, -0.25) is 0 Å². The van der Waals surface area contributed by atoms with Crippen molar-refractivity contribution in [2.75, 3.05) is 34.2 Å². The molecule has 0 amide bonds. The molecule has 9 heteroatoms. The lowest BCUT2D eigenvalue weighted by molar-refractivity contribution is 0.0436. The van der Waals surface area contributed by atoms with Crippen molar-refractivity contribution in [1.29, 1.82) is 0 Å². The molecular weight excluding hydrogens is 520 g/mol. The topological polar surface area (TPSA) is 89.5 Å². The molecular formula is C30H36O8S. The van der Waals surface area contributed by atoms with Crippen LogP contribution in [0.1, 0.15) is 55.1 Å². The Hall–Kier alpha value is -3.43. The minimum atomic E-state index is -3.45. The van der Waals surface area contributed by atoms with Crippen molar-refractivity contribution in [3.05, 3.63) is 71.3 Å². The third-order valence-electron chi connectivity index (χ3n) is 6.58. The van der Waals surface area contributed by atoms with Crippen LogP contribution in [0.15, 0.2) is 59.5 Å². The molecule has 8 nitrogen and oxygen atoms in total. The predicted octanol–water partition coefficient (Wildman–Crippen LogP) is 6.08. The van der Waals surface area contributed by atoms with Gasteiger partial charge in [-0.25, -0.2) is 8.42 Å². The summed E-state index contributed by atoms with van der Waals surface area (Å²) >= 11 is 0. The number of sulfone groups is 1. The molecule has 1 aliphatic rings. The second kappa shape index (κ2) is 12.6. The smallest absolute Gasteiger partial charge is 0.203 e. The average molecular weight is 557 g/mol. The lowest BCUT2D eigenvalue weighted by Gasteiger charge is -2.18. The Morgan fingerprint density at radius 3 is 2.13 bits per heavy atom. The van der Waals surface area contributed by atoms with Gasteiger partial charge in [0.1, 0.15) is 23.0 Å². The minimum Gasteiger partial charge on any atom is -0.493 e. The molecule has 1 saturated heterocycles. The van der Waals surface area contributed by atoms with Crippen molar-refractivity contribution < 1.29 is 36.8 Å². The molecule has 0 spiro atoms. The van der Waals surface area contributed by atoms with Crippen molar-refractivity contribution in [3.8, 4) is 28.7 Å². The molecule has 0 aliphatic carbocycles. The van der Waals surface area contributed by atoms with Gasteiger partial charge < -0.3 is 28.4 Å². The SMILES string of the molecule is CCCOc1ccc(COc2cccc(C3CCC(c4cc(OC)c(OC)c(OC)c4)O3)c2)cc1S(C)(=O)=O. The predicted molar refractivity (Wildman–Crippen MR) is 148 cm³/mol. The summed E-state index contributed by atoms with van der Waals surface area (Å²) in [7, 11) is 1.33. The van der Waals surface area contributed by atoms with Gasteiger partial charge in [0.15, 0.2) is 21.3 Å². The Balaban J connectivity index is 1.46. The monoisotopic (exact) mass is 556 g/mol. The standard InChI is InChI=1S/C30H36O8S/c1-6-14-36-26-11-10-20(15-29(26)39(5,31)32)19-37-23-9-7-8-21(16-23)24-12-13-25(38-24)22-17-27(33-2)30(35-4)28(18-22)34-3/h7-11,15-18,24-25H,6,12-14,19H2,1-5H3. The number of hydrogen-bond donors (Lipinski definition) is 0. The van der Waals surface area contributed by atoms with E-state index < -0.39 is 9.84 Å². The van der Waals surface area contributed by atoms with Gasteiger partial charge in [0.2, 0.25) is 5.75 Å². The summed E-state index contributed by atoms with van der Waals surface area (Å²) in [5.41, 5.74) is 2.72. The van der Waals surface area contributed by atoms with Crippen molar-refractivity contribution in [3.63, 3.8) is 0 Å². The molecule has 0 bridgehead atoms. The van der Waals surface area contributed by atoms with Crippen LogP contribution >= 0.6 is 0 Å². The van der Waals surface area contributed by atoms with Crippen molar-refractivity contribution >= 4 is 9.84 Å². The van der Waals surface area contributed by atoms with Gasteiger partial charge in [-0.1, -0.05) is 25.1 Å². The molecule has 39 heavy (non-hydrogen) atoms. The maximum atomic E-state index is 12.3. The van der Waals surface area contributed by atoms with Gasteiger partial charge in [-0.2, -0.15) is 0 Å². The van der Waals surface area contributed by atoms with Crippen LogP contribution in [0.25, 0.3) is 0 Å². The second-order valence-corrected chi connectivity index (χ2v) is 11.4. The van der Waals surface area contributed by atoms with Crippen LogP contribution in [0, 0.1) is 0 Å². The molecule has 3 aromatic rings. The average Bonchev–Trinajstić information content (AvgIpc) is 3.44. The largest absolute Gasteiger partial charge is 0.493 e. The first-order valence-corrected chi connectivity index (χ1v) is 14.8. The summed E-state index contributed by atoms with van der Waals surface area (Å²) in [5, 5.41) is 0. The van der Waals surface area contributed by atoms with E-state index in [4.69, 9.17) is 28.4 Å². The molecule has 0 N–H and O–H groups in total. The Kier molecular flexibility index (Phi) is 9.24. The molecule has 0 radical (unpaired) electrons. The van der Waals surface area contributed by atoms with Gasteiger partial charge in [0, 0.05) is 6.26 Å². The highest BCUT2D eigenvalue weighted by atomic mass is 32.2. The number of rotatable bonds is 12. The first kappa shape index (κ1) is 28.6. The van der Waals surface area contributed by atoms with E-state index in [0.29, 0.717) is 35.4 Å². The third-order valence-corrected chi connectivity index (χ3v) is 7.70. The quantitative estimate of drug-likeness (QED) is 0.265. The zero-order chi connectivity index (χ0) is 28.0. The third kappa shape index (κ3) is 6.78. The molecule has 2 unspecified atom stereocenters. The molecule has 1 fully saturated rings. The lowest BCUT2D eigenvalue weighted by atomic mass is 10.0. The first-order valence-electron chi connectivity index (χ1n) is 12.9. The van der Waals surface area contributed by atoms with E-state index in [-0.39, 0.29) is 23.7 Å². The maximum absolute atomic E-state index is 12.3. The van der Waals surface area contributed by atoms with Crippen LogP contribution in [0.4, 0.5) is 0 Å². The molecule has 0 aromatic heterocycles. The van der Waals surface area contributed by atoms with Gasteiger partial charge in [0.25, 0.3) is 0 Å². The minimum absolute atomic E-state index is 0.0931. The van der Waals surface area contributed by atoms with Gasteiger partial charge in [0.05, 0.1) is 40.1 Å². The molecule has 1 aliphatic heterocycles. The van der Waals surface area contributed by atoms with Crippen LogP contribution in [-0.2, 0) is 21.2 Å².